The van der Waals surface area contributed by atoms with Crippen molar-refractivity contribution in [2.45, 2.75) is 45.7 Å². The lowest BCUT2D eigenvalue weighted by Gasteiger charge is -2.11. The zero-order chi connectivity index (χ0) is 9.42. The third-order valence-electron chi connectivity index (χ3n) is 2.40. The van der Waals surface area contributed by atoms with Crippen LogP contribution < -0.4 is 5.32 Å². The van der Waals surface area contributed by atoms with Crippen molar-refractivity contribution >= 4 is 11.3 Å². The summed E-state index contributed by atoms with van der Waals surface area (Å²) in [5.74, 6) is 0. The minimum Gasteiger partial charge on any atom is -0.307 e. The first-order valence-corrected chi connectivity index (χ1v) is 5.68. The first-order valence-electron chi connectivity index (χ1n) is 4.87. The van der Waals surface area contributed by atoms with E-state index >= 15 is 0 Å². The summed E-state index contributed by atoms with van der Waals surface area (Å²) < 4.78 is 0. The summed E-state index contributed by atoms with van der Waals surface area (Å²) in [4.78, 5) is 5.85. The van der Waals surface area contributed by atoms with E-state index in [2.05, 4.69) is 31.1 Å². The maximum absolute atomic E-state index is 4.44. The van der Waals surface area contributed by atoms with E-state index in [-0.39, 0.29) is 0 Å². The van der Waals surface area contributed by atoms with Gasteiger partial charge in [0.1, 0.15) is 0 Å². The Balaban J connectivity index is 2.08. The fraction of sp³-hybridized carbons (Fsp3) is 0.700. The van der Waals surface area contributed by atoms with Crippen LogP contribution in [0.4, 0.5) is 0 Å². The summed E-state index contributed by atoms with van der Waals surface area (Å²) in [5.41, 5.74) is 1.20. The molecule has 0 saturated heterocycles. The smallest absolute Gasteiger partial charge is 0.0900 e. The molecule has 0 amide bonds. The number of thiazole rings is 1. The van der Waals surface area contributed by atoms with Crippen LogP contribution in [-0.2, 0) is 0 Å². The van der Waals surface area contributed by atoms with E-state index in [0.29, 0.717) is 6.04 Å². The van der Waals surface area contributed by atoms with Gasteiger partial charge in [0.05, 0.1) is 10.7 Å². The lowest BCUT2D eigenvalue weighted by Crippen LogP contribution is -2.20. The number of hydrogen-bond acceptors (Lipinski definition) is 3. The maximum atomic E-state index is 4.44. The van der Waals surface area contributed by atoms with Gasteiger partial charge in [-0.15, -0.1) is 11.3 Å². The Kier molecular flexibility index (Phi) is 2.39. The molecule has 1 saturated carbocycles. The first kappa shape index (κ1) is 9.16. The standard InChI is InChI=1S/C10H16N2S/c1-6-10(13-8(3)11-6)7(2)12-9-4-5-9/h7,9,12H,4-5H2,1-3H3. The molecule has 0 spiro atoms. The Labute approximate surface area is 83.4 Å². The summed E-state index contributed by atoms with van der Waals surface area (Å²) in [5, 5.41) is 4.77. The molecular formula is C10H16N2S. The van der Waals surface area contributed by atoms with Crippen LogP contribution in [0, 0.1) is 13.8 Å². The summed E-state index contributed by atoms with van der Waals surface area (Å²) in [6, 6.07) is 1.26. The van der Waals surface area contributed by atoms with Crippen LogP contribution in [0.1, 0.15) is 41.4 Å². The molecule has 1 aliphatic rings. The highest BCUT2D eigenvalue weighted by Gasteiger charge is 2.24. The van der Waals surface area contributed by atoms with Gasteiger partial charge in [0.15, 0.2) is 0 Å². The Hall–Kier alpha value is -0.410. The maximum Gasteiger partial charge on any atom is 0.0900 e. The number of nitrogens with zero attached hydrogens (tertiary/aromatic N) is 1. The van der Waals surface area contributed by atoms with Gasteiger partial charge in [-0.1, -0.05) is 0 Å². The van der Waals surface area contributed by atoms with Crippen molar-refractivity contribution in [2.24, 2.45) is 0 Å². The number of aryl methyl sites for hydroxylation is 2. The highest BCUT2D eigenvalue weighted by atomic mass is 32.1. The molecule has 13 heavy (non-hydrogen) atoms. The molecule has 1 aliphatic carbocycles. The van der Waals surface area contributed by atoms with Crippen LogP contribution in [0.2, 0.25) is 0 Å². The Morgan fingerprint density at radius 3 is 2.62 bits per heavy atom. The molecule has 0 aromatic carbocycles. The second-order valence-corrected chi connectivity index (χ2v) is 5.08. The van der Waals surface area contributed by atoms with Crippen molar-refractivity contribution in [3.8, 4) is 0 Å². The largest absolute Gasteiger partial charge is 0.307 e. The van der Waals surface area contributed by atoms with Gasteiger partial charge in [0.2, 0.25) is 0 Å². The fourth-order valence-corrected chi connectivity index (χ4v) is 2.57. The molecule has 1 heterocycles. The molecule has 3 heteroatoms. The van der Waals surface area contributed by atoms with Crippen LogP contribution in [0.3, 0.4) is 0 Å². The van der Waals surface area contributed by atoms with E-state index in [1.807, 2.05) is 11.3 Å². The van der Waals surface area contributed by atoms with E-state index in [0.717, 1.165) is 6.04 Å². The van der Waals surface area contributed by atoms with Crippen molar-refractivity contribution < 1.29 is 0 Å². The second-order valence-electron chi connectivity index (χ2n) is 3.85. The Bertz CT molecular complexity index is 302. The SMILES string of the molecule is Cc1nc(C)c(C(C)NC2CC2)s1. The van der Waals surface area contributed by atoms with Gasteiger partial charge in [0, 0.05) is 17.0 Å². The molecule has 2 rings (SSSR count). The number of rotatable bonds is 3. The van der Waals surface area contributed by atoms with Crippen LogP contribution in [0.5, 0.6) is 0 Å². The normalized spacial score (nSPS) is 19.0. The summed E-state index contributed by atoms with van der Waals surface area (Å²) in [6.45, 7) is 6.41. The van der Waals surface area contributed by atoms with Crippen LogP contribution in [-0.4, -0.2) is 11.0 Å². The van der Waals surface area contributed by atoms with Gasteiger partial charge in [0.25, 0.3) is 0 Å². The molecule has 0 bridgehead atoms. The highest BCUT2D eigenvalue weighted by Crippen LogP contribution is 2.28. The molecular weight excluding hydrogens is 180 g/mol. The van der Waals surface area contributed by atoms with E-state index in [1.165, 1.54) is 28.4 Å². The minimum absolute atomic E-state index is 0.485. The molecule has 0 radical (unpaired) electrons. The molecule has 1 N–H and O–H groups in total. The molecule has 72 valence electrons. The van der Waals surface area contributed by atoms with Gasteiger partial charge in [-0.25, -0.2) is 4.98 Å². The van der Waals surface area contributed by atoms with Crippen molar-refractivity contribution in [2.75, 3.05) is 0 Å². The average Bonchev–Trinajstić information content (AvgIpc) is 2.77. The Morgan fingerprint density at radius 2 is 2.15 bits per heavy atom. The van der Waals surface area contributed by atoms with E-state index in [9.17, 15) is 0 Å². The molecule has 1 atom stereocenters. The van der Waals surface area contributed by atoms with Gasteiger partial charge >= 0.3 is 0 Å². The van der Waals surface area contributed by atoms with E-state index < -0.39 is 0 Å². The molecule has 1 unspecified atom stereocenters. The Morgan fingerprint density at radius 1 is 1.46 bits per heavy atom. The third-order valence-corrected chi connectivity index (χ3v) is 3.65. The fourth-order valence-electron chi connectivity index (χ4n) is 1.63. The van der Waals surface area contributed by atoms with E-state index in [4.69, 9.17) is 0 Å². The zero-order valence-corrected chi connectivity index (χ0v) is 9.24. The summed E-state index contributed by atoms with van der Waals surface area (Å²) >= 11 is 1.82. The third kappa shape index (κ3) is 2.09. The molecule has 1 aromatic heterocycles. The summed E-state index contributed by atoms with van der Waals surface area (Å²) in [7, 11) is 0. The van der Waals surface area contributed by atoms with Crippen molar-refractivity contribution in [1.82, 2.24) is 10.3 Å². The highest BCUT2D eigenvalue weighted by molar-refractivity contribution is 7.11. The second kappa shape index (κ2) is 3.39. The molecule has 2 nitrogen and oxygen atoms in total. The van der Waals surface area contributed by atoms with Gasteiger partial charge < -0.3 is 5.32 Å². The lowest BCUT2D eigenvalue weighted by atomic mass is 10.2. The predicted molar refractivity (Wildman–Crippen MR) is 56.2 cm³/mol. The first-order chi connectivity index (χ1) is 6.16. The van der Waals surface area contributed by atoms with E-state index in [1.54, 1.807) is 0 Å². The quantitative estimate of drug-likeness (QED) is 0.803. The van der Waals surface area contributed by atoms with Crippen LogP contribution in [0.25, 0.3) is 0 Å². The number of aromatic nitrogens is 1. The van der Waals surface area contributed by atoms with Gasteiger partial charge in [-0.05, 0) is 33.6 Å². The molecule has 1 fully saturated rings. The average molecular weight is 196 g/mol. The van der Waals surface area contributed by atoms with Crippen molar-refractivity contribution in [3.63, 3.8) is 0 Å². The van der Waals surface area contributed by atoms with Gasteiger partial charge in [-0.2, -0.15) is 0 Å². The number of hydrogen-bond donors (Lipinski definition) is 1. The molecule has 0 aliphatic heterocycles. The van der Waals surface area contributed by atoms with Crippen LogP contribution >= 0.6 is 11.3 Å². The van der Waals surface area contributed by atoms with Crippen molar-refractivity contribution in [3.05, 3.63) is 15.6 Å². The topological polar surface area (TPSA) is 24.9 Å². The monoisotopic (exact) mass is 196 g/mol. The van der Waals surface area contributed by atoms with Gasteiger partial charge in [-0.3, -0.25) is 0 Å². The zero-order valence-electron chi connectivity index (χ0n) is 8.42. The predicted octanol–water partition coefficient (Wildman–Crippen LogP) is 2.57. The summed E-state index contributed by atoms with van der Waals surface area (Å²) in [6.07, 6.45) is 2.70. The lowest BCUT2D eigenvalue weighted by molar-refractivity contribution is 0.576. The number of nitrogens with one attached hydrogen (secondary N) is 1. The minimum atomic E-state index is 0.485. The molecule has 1 aromatic rings. The van der Waals surface area contributed by atoms with Crippen molar-refractivity contribution in [1.29, 1.82) is 0 Å². The van der Waals surface area contributed by atoms with Crippen LogP contribution in [0.15, 0.2) is 0 Å².